The van der Waals surface area contributed by atoms with Gasteiger partial charge in [-0.2, -0.15) is 0 Å². The SMILES string of the molecule is Cl.O=C(CCC1CCNC1)Nc1ccccc1-c1nc2ccccc2[nH]1. The number of para-hydroxylation sites is 3. The Kier molecular flexibility index (Phi) is 5.91. The molecular weight excluding hydrogens is 348 g/mol. The minimum Gasteiger partial charge on any atom is -0.338 e. The van der Waals surface area contributed by atoms with E-state index in [4.69, 9.17) is 0 Å². The van der Waals surface area contributed by atoms with Crippen LogP contribution in [0.15, 0.2) is 48.5 Å². The Hall–Kier alpha value is -2.37. The summed E-state index contributed by atoms with van der Waals surface area (Å²) < 4.78 is 0. The van der Waals surface area contributed by atoms with Crippen LogP contribution in [0, 0.1) is 5.92 Å². The lowest BCUT2D eigenvalue weighted by Gasteiger charge is -2.11. The zero-order valence-corrected chi connectivity index (χ0v) is 15.3. The van der Waals surface area contributed by atoms with Crippen molar-refractivity contribution in [2.24, 2.45) is 5.92 Å². The van der Waals surface area contributed by atoms with Gasteiger partial charge in [0.25, 0.3) is 0 Å². The van der Waals surface area contributed by atoms with Crippen molar-refractivity contribution in [1.29, 1.82) is 0 Å². The van der Waals surface area contributed by atoms with Gasteiger partial charge in [-0.05, 0) is 56.1 Å². The first kappa shape index (κ1) is 18.4. The monoisotopic (exact) mass is 370 g/mol. The van der Waals surface area contributed by atoms with Gasteiger partial charge in [0.2, 0.25) is 5.91 Å². The zero-order valence-electron chi connectivity index (χ0n) is 14.5. The van der Waals surface area contributed by atoms with Crippen molar-refractivity contribution >= 4 is 35.0 Å². The van der Waals surface area contributed by atoms with Crippen molar-refractivity contribution in [3.63, 3.8) is 0 Å². The van der Waals surface area contributed by atoms with Crippen molar-refractivity contribution in [2.45, 2.75) is 19.3 Å². The number of halogens is 1. The van der Waals surface area contributed by atoms with E-state index in [2.05, 4.69) is 20.6 Å². The number of aromatic nitrogens is 2. The lowest BCUT2D eigenvalue weighted by atomic mass is 10.0. The zero-order chi connectivity index (χ0) is 17.1. The maximum Gasteiger partial charge on any atom is 0.224 e. The van der Waals surface area contributed by atoms with Gasteiger partial charge in [-0.1, -0.05) is 24.3 Å². The van der Waals surface area contributed by atoms with Gasteiger partial charge in [-0.15, -0.1) is 12.4 Å². The highest BCUT2D eigenvalue weighted by atomic mass is 35.5. The second-order valence-electron chi connectivity index (χ2n) is 6.59. The number of benzene rings is 2. The van der Waals surface area contributed by atoms with Gasteiger partial charge in [0.05, 0.1) is 16.7 Å². The quantitative estimate of drug-likeness (QED) is 0.636. The average molecular weight is 371 g/mol. The summed E-state index contributed by atoms with van der Waals surface area (Å²) in [5, 5.41) is 6.40. The van der Waals surface area contributed by atoms with Crippen LogP contribution in [0.4, 0.5) is 5.69 Å². The second-order valence-corrected chi connectivity index (χ2v) is 6.59. The molecule has 0 aliphatic carbocycles. The predicted molar refractivity (Wildman–Crippen MR) is 108 cm³/mol. The number of carbonyl (C=O) groups is 1. The normalized spacial score (nSPS) is 16.4. The van der Waals surface area contributed by atoms with Crippen molar-refractivity contribution in [3.8, 4) is 11.4 Å². The number of fused-ring (bicyclic) bond motifs is 1. The molecule has 1 fully saturated rings. The van der Waals surface area contributed by atoms with Crippen LogP contribution in [0.5, 0.6) is 0 Å². The molecule has 2 aromatic carbocycles. The smallest absolute Gasteiger partial charge is 0.224 e. The lowest BCUT2D eigenvalue weighted by Crippen LogP contribution is -2.15. The number of hydrogen-bond donors (Lipinski definition) is 3. The van der Waals surface area contributed by atoms with Gasteiger partial charge < -0.3 is 15.6 Å². The molecule has 3 aromatic rings. The number of nitrogens with zero attached hydrogens (tertiary/aromatic N) is 1. The van der Waals surface area contributed by atoms with Crippen molar-refractivity contribution < 1.29 is 4.79 Å². The highest BCUT2D eigenvalue weighted by Crippen LogP contribution is 2.27. The van der Waals surface area contributed by atoms with Crippen LogP contribution in [-0.4, -0.2) is 29.0 Å². The first-order valence-electron chi connectivity index (χ1n) is 8.84. The molecule has 2 heterocycles. The van der Waals surface area contributed by atoms with E-state index in [0.717, 1.165) is 47.6 Å². The minimum absolute atomic E-state index is 0. The number of imidazole rings is 1. The molecule has 3 N–H and O–H groups in total. The Bertz CT molecular complexity index is 853. The van der Waals surface area contributed by atoms with Gasteiger partial charge in [-0.3, -0.25) is 4.79 Å². The highest BCUT2D eigenvalue weighted by Gasteiger charge is 2.17. The third-order valence-corrected chi connectivity index (χ3v) is 4.79. The molecule has 6 heteroatoms. The van der Waals surface area contributed by atoms with Crippen molar-refractivity contribution in [1.82, 2.24) is 15.3 Å². The molecule has 0 spiro atoms. The van der Waals surface area contributed by atoms with E-state index in [0.29, 0.717) is 12.3 Å². The van der Waals surface area contributed by atoms with E-state index in [9.17, 15) is 4.79 Å². The molecule has 26 heavy (non-hydrogen) atoms. The number of H-pyrrole nitrogens is 1. The summed E-state index contributed by atoms with van der Waals surface area (Å²) in [5.41, 5.74) is 3.63. The summed E-state index contributed by atoms with van der Waals surface area (Å²) >= 11 is 0. The minimum atomic E-state index is 0. The average Bonchev–Trinajstić information content (AvgIpc) is 3.30. The molecular formula is C20H23ClN4O. The molecule has 1 saturated heterocycles. The number of anilines is 1. The lowest BCUT2D eigenvalue weighted by molar-refractivity contribution is -0.116. The summed E-state index contributed by atoms with van der Waals surface area (Å²) in [6, 6.07) is 15.7. The Morgan fingerprint density at radius 2 is 1.96 bits per heavy atom. The Morgan fingerprint density at radius 1 is 1.15 bits per heavy atom. The molecule has 136 valence electrons. The van der Waals surface area contributed by atoms with E-state index >= 15 is 0 Å². The Balaban J connectivity index is 0.00000196. The number of hydrogen-bond acceptors (Lipinski definition) is 3. The second kappa shape index (κ2) is 8.34. The molecule has 5 nitrogen and oxygen atoms in total. The summed E-state index contributed by atoms with van der Waals surface area (Å²) in [6.07, 6.45) is 2.66. The molecule has 0 bridgehead atoms. The van der Waals surface area contributed by atoms with Gasteiger partial charge in [0.1, 0.15) is 5.82 Å². The summed E-state index contributed by atoms with van der Waals surface area (Å²) in [4.78, 5) is 20.3. The molecule has 1 amide bonds. The Morgan fingerprint density at radius 3 is 2.77 bits per heavy atom. The molecule has 0 saturated carbocycles. The van der Waals surface area contributed by atoms with E-state index in [-0.39, 0.29) is 18.3 Å². The first-order chi connectivity index (χ1) is 12.3. The summed E-state index contributed by atoms with van der Waals surface area (Å²) in [6.45, 7) is 2.10. The van der Waals surface area contributed by atoms with Gasteiger partial charge >= 0.3 is 0 Å². The standard InChI is InChI=1S/C20H22N4O.ClH/c25-19(10-9-14-11-12-21-13-14)22-16-6-2-1-5-15(16)20-23-17-7-3-4-8-18(17)24-20;/h1-8,14,21H,9-13H2,(H,22,25)(H,23,24);1H. The van der Waals surface area contributed by atoms with Crippen LogP contribution >= 0.6 is 12.4 Å². The third-order valence-electron chi connectivity index (χ3n) is 4.79. The van der Waals surface area contributed by atoms with Crippen LogP contribution in [0.25, 0.3) is 22.4 Å². The van der Waals surface area contributed by atoms with E-state index in [1.54, 1.807) is 0 Å². The fraction of sp³-hybridized carbons (Fsp3) is 0.300. The number of amides is 1. The van der Waals surface area contributed by atoms with E-state index in [1.165, 1.54) is 6.42 Å². The van der Waals surface area contributed by atoms with Crippen LogP contribution in [0.1, 0.15) is 19.3 Å². The van der Waals surface area contributed by atoms with Gasteiger partial charge in [-0.25, -0.2) is 4.98 Å². The number of nitrogens with one attached hydrogen (secondary N) is 3. The molecule has 1 unspecified atom stereocenters. The fourth-order valence-electron chi connectivity index (χ4n) is 3.39. The summed E-state index contributed by atoms with van der Waals surface area (Å²) in [5.74, 6) is 1.46. The Labute approximate surface area is 159 Å². The topological polar surface area (TPSA) is 69.8 Å². The van der Waals surface area contributed by atoms with E-state index in [1.807, 2.05) is 48.5 Å². The van der Waals surface area contributed by atoms with Gasteiger partial charge in [0, 0.05) is 12.0 Å². The molecule has 4 rings (SSSR count). The van der Waals surface area contributed by atoms with Crippen LogP contribution in [0.2, 0.25) is 0 Å². The predicted octanol–water partition coefficient (Wildman–Crippen LogP) is 3.98. The maximum absolute atomic E-state index is 12.4. The van der Waals surface area contributed by atoms with Crippen molar-refractivity contribution in [2.75, 3.05) is 18.4 Å². The van der Waals surface area contributed by atoms with Gasteiger partial charge in [0.15, 0.2) is 0 Å². The first-order valence-corrected chi connectivity index (χ1v) is 8.84. The molecule has 1 aliphatic heterocycles. The number of rotatable bonds is 5. The number of carbonyl (C=O) groups excluding carboxylic acids is 1. The highest BCUT2D eigenvalue weighted by molar-refractivity contribution is 5.95. The molecule has 1 aliphatic rings. The fourth-order valence-corrected chi connectivity index (χ4v) is 3.39. The largest absolute Gasteiger partial charge is 0.338 e. The molecule has 1 aromatic heterocycles. The summed E-state index contributed by atoms with van der Waals surface area (Å²) in [7, 11) is 0. The van der Waals surface area contributed by atoms with E-state index < -0.39 is 0 Å². The molecule has 0 radical (unpaired) electrons. The van der Waals surface area contributed by atoms with Crippen LogP contribution < -0.4 is 10.6 Å². The maximum atomic E-state index is 12.4. The molecule has 1 atom stereocenters. The van der Waals surface area contributed by atoms with Crippen LogP contribution in [-0.2, 0) is 4.79 Å². The van der Waals surface area contributed by atoms with Crippen LogP contribution in [0.3, 0.4) is 0 Å². The van der Waals surface area contributed by atoms with Crippen molar-refractivity contribution in [3.05, 3.63) is 48.5 Å². The number of aromatic amines is 1. The third kappa shape index (κ3) is 4.06.